The molecule has 0 aliphatic rings. The third-order valence-corrected chi connectivity index (χ3v) is 3.68. The lowest BCUT2D eigenvalue weighted by Gasteiger charge is -2.01. The second-order valence-corrected chi connectivity index (χ2v) is 5.16. The molecular formula is C14H14N2O3S. The molecule has 104 valence electrons. The first kappa shape index (κ1) is 14.2. The lowest BCUT2D eigenvalue weighted by Crippen LogP contribution is -2.14. The minimum Gasteiger partial charge on any atom is -0.477 e. The first-order valence-electron chi connectivity index (χ1n) is 6.17. The molecule has 1 heterocycles. The van der Waals surface area contributed by atoms with Gasteiger partial charge in [-0.25, -0.2) is 9.78 Å². The van der Waals surface area contributed by atoms with E-state index in [0.29, 0.717) is 17.2 Å². The number of nitrogens with zero attached hydrogens (tertiary/aromatic N) is 1. The number of carboxylic acid groups (broad SMARTS) is 1. The Labute approximate surface area is 120 Å². The van der Waals surface area contributed by atoms with Crippen molar-refractivity contribution in [3.8, 4) is 0 Å². The standard InChI is InChI=1S/C14H14N2O3S/c1-2-10-12(13(18)19)20-14(15-10)16-11(17)8-9-6-4-3-5-7-9/h3-7H,2,8H2,1H3,(H,18,19)(H,15,16,17). The summed E-state index contributed by atoms with van der Waals surface area (Å²) in [5, 5.41) is 12.0. The van der Waals surface area contributed by atoms with Gasteiger partial charge in [-0.3, -0.25) is 4.79 Å². The van der Waals surface area contributed by atoms with E-state index in [1.54, 1.807) is 0 Å². The molecule has 1 aromatic heterocycles. The van der Waals surface area contributed by atoms with Crippen LogP contribution in [0.2, 0.25) is 0 Å². The van der Waals surface area contributed by atoms with Gasteiger partial charge in [0.2, 0.25) is 5.91 Å². The number of aromatic nitrogens is 1. The van der Waals surface area contributed by atoms with E-state index in [4.69, 9.17) is 5.11 Å². The van der Waals surface area contributed by atoms with Crippen molar-refractivity contribution in [2.24, 2.45) is 0 Å². The minimum absolute atomic E-state index is 0.183. The van der Waals surface area contributed by atoms with Crippen LogP contribution >= 0.6 is 11.3 Å². The zero-order valence-electron chi connectivity index (χ0n) is 10.9. The topological polar surface area (TPSA) is 79.3 Å². The van der Waals surface area contributed by atoms with Crippen molar-refractivity contribution < 1.29 is 14.7 Å². The molecule has 5 nitrogen and oxygen atoms in total. The number of anilines is 1. The summed E-state index contributed by atoms with van der Waals surface area (Å²) in [6.07, 6.45) is 0.761. The molecule has 0 unspecified atom stereocenters. The van der Waals surface area contributed by atoms with Gasteiger partial charge >= 0.3 is 5.97 Å². The van der Waals surface area contributed by atoms with E-state index >= 15 is 0 Å². The summed E-state index contributed by atoms with van der Waals surface area (Å²) in [5.41, 5.74) is 1.40. The molecule has 6 heteroatoms. The number of aromatic carboxylic acids is 1. The molecule has 20 heavy (non-hydrogen) atoms. The van der Waals surface area contributed by atoms with Crippen molar-refractivity contribution >= 4 is 28.3 Å². The predicted molar refractivity (Wildman–Crippen MR) is 77.2 cm³/mol. The predicted octanol–water partition coefficient (Wildman–Crippen LogP) is 2.58. The molecule has 0 spiro atoms. The fourth-order valence-corrected chi connectivity index (χ4v) is 2.67. The first-order valence-corrected chi connectivity index (χ1v) is 6.98. The molecule has 0 aliphatic heterocycles. The lowest BCUT2D eigenvalue weighted by atomic mass is 10.1. The number of hydrogen-bond acceptors (Lipinski definition) is 4. The van der Waals surface area contributed by atoms with Crippen LogP contribution in [0.3, 0.4) is 0 Å². The van der Waals surface area contributed by atoms with Gasteiger partial charge in [0.05, 0.1) is 12.1 Å². The molecule has 0 bridgehead atoms. The fraction of sp³-hybridized carbons (Fsp3) is 0.214. The second kappa shape index (κ2) is 6.29. The van der Waals surface area contributed by atoms with E-state index in [0.717, 1.165) is 16.9 Å². The highest BCUT2D eigenvalue weighted by Crippen LogP contribution is 2.23. The van der Waals surface area contributed by atoms with Crippen LogP contribution in [-0.2, 0) is 17.6 Å². The summed E-state index contributed by atoms with van der Waals surface area (Å²) in [6, 6.07) is 9.34. The van der Waals surface area contributed by atoms with Crippen molar-refractivity contribution in [2.75, 3.05) is 5.32 Å². The second-order valence-electron chi connectivity index (χ2n) is 4.16. The number of carboxylic acids is 1. The highest BCUT2D eigenvalue weighted by molar-refractivity contribution is 7.17. The number of nitrogens with one attached hydrogen (secondary N) is 1. The summed E-state index contributed by atoms with van der Waals surface area (Å²) < 4.78 is 0. The zero-order chi connectivity index (χ0) is 14.5. The third kappa shape index (κ3) is 3.42. The van der Waals surface area contributed by atoms with E-state index in [1.165, 1.54) is 0 Å². The Hall–Kier alpha value is -2.21. The molecular weight excluding hydrogens is 276 g/mol. The van der Waals surface area contributed by atoms with E-state index < -0.39 is 5.97 Å². The van der Waals surface area contributed by atoms with Crippen LogP contribution in [0.5, 0.6) is 0 Å². The average Bonchev–Trinajstić information content (AvgIpc) is 2.83. The van der Waals surface area contributed by atoms with Gasteiger partial charge in [-0.05, 0) is 12.0 Å². The quantitative estimate of drug-likeness (QED) is 0.887. The summed E-state index contributed by atoms with van der Waals surface area (Å²) in [7, 11) is 0. The van der Waals surface area contributed by atoms with E-state index in [1.807, 2.05) is 37.3 Å². The largest absolute Gasteiger partial charge is 0.477 e. The van der Waals surface area contributed by atoms with Crippen molar-refractivity contribution in [1.29, 1.82) is 0 Å². The maximum Gasteiger partial charge on any atom is 0.347 e. The molecule has 1 amide bonds. The summed E-state index contributed by atoms with van der Waals surface area (Å²) >= 11 is 0.988. The van der Waals surface area contributed by atoms with Crippen LogP contribution in [0, 0.1) is 0 Å². The number of thiazole rings is 1. The maximum absolute atomic E-state index is 11.9. The average molecular weight is 290 g/mol. The van der Waals surface area contributed by atoms with Gasteiger partial charge in [-0.1, -0.05) is 48.6 Å². The lowest BCUT2D eigenvalue weighted by molar-refractivity contribution is -0.115. The highest BCUT2D eigenvalue weighted by Gasteiger charge is 2.17. The van der Waals surface area contributed by atoms with Gasteiger partial charge in [-0.15, -0.1) is 0 Å². The maximum atomic E-state index is 11.9. The Morgan fingerprint density at radius 2 is 2.00 bits per heavy atom. The molecule has 0 fully saturated rings. The van der Waals surface area contributed by atoms with Crippen LogP contribution in [0.15, 0.2) is 30.3 Å². The Balaban J connectivity index is 2.06. The number of benzene rings is 1. The van der Waals surface area contributed by atoms with Crippen LogP contribution in [0.25, 0.3) is 0 Å². The van der Waals surface area contributed by atoms with Gasteiger partial charge in [0.15, 0.2) is 5.13 Å². The van der Waals surface area contributed by atoms with Crippen molar-refractivity contribution in [3.05, 3.63) is 46.5 Å². The van der Waals surface area contributed by atoms with E-state index in [-0.39, 0.29) is 17.2 Å². The molecule has 2 aromatic rings. The Morgan fingerprint density at radius 3 is 2.55 bits per heavy atom. The van der Waals surface area contributed by atoms with Crippen molar-refractivity contribution in [1.82, 2.24) is 4.98 Å². The highest BCUT2D eigenvalue weighted by atomic mass is 32.1. The monoisotopic (exact) mass is 290 g/mol. The van der Waals surface area contributed by atoms with Crippen LogP contribution < -0.4 is 5.32 Å². The number of aryl methyl sites for hydroxylation is 1. The normalized spacial score (nSPS) is 10.2. The summed E-state index contributed by atoms with van der Waals surface area (Å²) in [6.45, 7) is 1.83. The number of rotatable bonds is 5. The summed E-state index contributed by atoms with van der Waals surface area (Å²) in [5.74, 6) is -1.22. The van der Waals surface area contributed by atoms with Crippen molar-refractivity contribution in [2.45, 2.75) is 19.8 Å². The Bertz CT molecular complexity index is 623. The fourth-order valence-electron chi connectivity index (χ4n) is 1.76. The van der Waals surface area contributed by atoms with Crippen LogP contribution in [0.4, 0.5) is 5.13 Å². The zero-order valence-corrected chi connectivity index (χ0v) is 11.7. The first-order chi connectivity index (χ1) is 9.60. The molecule has 0 saturated carbocycles. The van der Waals surface area contributed by atoms with E-state index in [9.17, 15) is 9.59 Å². The Kier molecular flexibility index (Phi) is 4.47. The third-order valence-electron chi connectivity index (χ3n) is 2.68. The molecule has 0 aliphatic carbocycles. The molecule has 0 atom stereocenters. The molecule has 0 saturated heterocycles. The van der Waals surface area contributed by atoms with Crippen LogP contribution in [-0.4, -0.2) is 22.0 Å². The minimum atomic E-state index is -1.01. The van der Waals surface area contributed by atoms with E-state index in [2.05, 4.69) is 10.3 Å². The number of hydrogen-bond donors (Lipinski definition) is 2. The van der Waals surface area contributed by atoms with Gasteiger partial charge in [0.1, 0.15) is 4.88 Å². The smallest absolute Gasteiger partial charge is 0.347 e. The number of amides is 1. The molecule has 2 rings (SSSR count). The van der Waals surface area contributed by atoms with Gasteiger partial charge in [0.25, 0.3) is 0 Å². The Morgan fingerprint density at radius 1 is 1.30 bits per heavy atom. The number of carbonyl (C=O) groups is 2. The SMILES string of the molecule is CCc1nc(NC(=O)Cc2ccccc2)sc1C(=O)O. The van der Waals surface area contributed by atoms with Gasteiger partial charge in [0, 0.05) is 0 Å². The van der Waals surface area contributed by atoms with Gasteiger partial charge < -0.3 is 10.4 Å². The molecule has 2 N–H and O–H groups in total. The van der Waals surface area contributed by atoms with Crippen LogP contribution in [0.1, 0.15) is 27.9 Å². The molecule has 0 radical (unpaired) electrons. The molecule has 1 aromatic carbocycles. The number of carbonyl (C=O) groups excluding carboxylic acids is 1. The summed E-state index contributed by atoms with van der Waals surface area (Å²) in [4.78, 5) is 27.2. The van der Waals surface area contributed by atoms with Gasteiger partial charge in [-0.2, -0.15) is 0 Å². The van der Waals surface area contributed by atoms with Crippen molar-refractivity contribution in [3.63, 3.8) is 0 Å².